The van der Waals surface area contributed by atoms with Gasteiger partial charge in [0.15, 0.2) is 0 Å². The summed E-state index contributed by atoms with van der Waals surface area (Å²) in [5, 5.41) is 4.23. The van der Waals surface area contributed by atoms with Crippen LogP contribution in [0.4, 0.5) is 8.78 Å². The van der Waals surface area contributed by atoms with Crippen LogP contribution in [0, 0.1) is 11.6 Å². The summed E-state index contributed by atoms with van der Waals surface area (Å²) in [5.74, 6) is -1.09. The molecule has 4 heteroatoms. The van der Waals surface area contributed by atoms with Gasteiger partial charge in [-0.05, 0) is 47.8 Å². The molecule has 0 unspecified atom stereocenters. The third-order valence-electron chi connectivity index (χ3n) is 3.49. The van der Waals surface area contributed by atoms with E-state index in [1.54, 1.807) is 0 Å². The number of aromatic nitrogens is 1. The minimum Gasteiger partial charge on any atom is -0.343 e. The predicted molar refractivity (Wildman–Crippen MR) is 80.2 cm³/mol. The first-order valence-electron chi connectivity index (χ1n) is 6.83. The Morgan fingerprint density at radius 1 is 0.952 bits per heavy atom. The fourth-order valence-corrected chi connectivity index (χ4v) is 2.58. The van der Waals surface area contributed by atoms with Crippen molar-refractivity contribution in [3.8, 4) is 0 Å². The molecule has 2 aromatic carbocycles. The number of fused-ring (bicyclic) bond motifs is 1. The second-order valence-corrected chi connectivity index (χ2v) is 5.14. The molecule has 3 rings (SSSR count). The highest BCUT2D eigenvalue weighted by molar-refractivity contribution is 5.81. The van der Waals surface area contributed by atoms with Crippen LogP contribution in [0.1, 0.15) is 11.1 Å². The molecule has 108 valence electrons. The van der Waals surface area contributed by atoms with Gasteiger partial charge in [0.1, 0.15) is 11.6 Å². The fourth-order valence-electron chi connectivity index (χ4n) is 2.58. The van der Waals surface area contributed by atoms with Crippen molar-refractivity contribution >= 4 is 10.9 Å². The average molecular weight is 286 g/mol. The highest BCUT2D eigenvalue weighted by Gasteiger charge is 2.05. The van der Waals surface area contributed by atoms with E-state index in [9.17, 15) is 8.78 Å². The molecule has 0 aliphatic carbocycles. The lowest BCUT2D eigenvalue weighted by Gasteiger charge is -2.08. The van der Waals surface area contributed by atoms with Gasteiger partial charge in [0, 0.05) is 30.9 Å². The zero-order valence-electron chi connectivity index (χ0n) is 11.7. The van der Waals surface area contributed by atoms with Crippen molar-refractivity contribution < 1.29 is 8.78 Å². The summed E-state index contributed by atoms with van der Waals surface area (Å²) < 4.78 is 28.6. The van der Waals surface area contributed by atoms with Gasteiger partial charge in [-0.1, -0.05) is 12.1 Å². The molecule has 1 aromatic heterocycles. The lowest BCUT2D eigenvalue weighted by molar-refractivity contribution is 0.578. The van der Waals surface area contributed by atoms with Crippen LogP contribution in [0.3, 0.4) is 0 Å². The van der Waals surface area contributed by atoms with Gasteiger partial charge in [-0.2, -0.15) is 0 Å². The van der Waals surface area contributed by atoms with E-state index in [0.717, 1.165) is 23.5 Å². The molecule has 1 N–H and O–H groups in total. The largest absolute Gasteiger partial charge is 0.343 e. The van der Waals surface area contributed by atoms with Crippen molar-refractivity contribution in [1.82, 2.24) is 9.88 Å². The minimum atomic E-state index is -0.544. The zero-order chi connectivity index (χ0) is 14.8. The van der Waals surface area contributed by atoms with Gasteiger partial charge in [0.2, 0.25) is 0 Å². The van der Waals surface area contributed by atoms with Crippen molar-refractivity contribution in [3.63, 3.8) is 0 Å². The normalized spacial score (nSPS) is 11.2. The SMILES string of the molecule is CNCc1ccc2ccn(Cc3cc(F)cc(F)c3)c2c1. The third-order valence-corrected chi connectivity index (χ3v) is 3.49. The molecule has 1 heterocycles. The first kappa shape index (κ1) is 13.8. The van der Waals surface area contributed by atoms with Gasteiger partial charge in [0.25, 0.3) is 0 Å². The van der Waals surface area contributed by atoms with Crippen molar-refractivity contribution in [3.05, 3.63) is 71.4 Å². The highest BCUT2D eigenvalue weighted by Crippen LogP contribution is 2.20. The molecule has 0 amide bonds. The van der Waals surface area contributed by atoms with Crippen LogP contribution < -0.4 is 5.32 Å². The second-order valence-electron chi connectivity index (χ2n) is 5.14. The number of hydrogen-bond acceptors (Lipinski definition) is 1. The number of halogens is 2. The Balaban J connectivity index is 1.97. The average Bonchev–Trinajstić information content (AvgIpc) is 2.81. The number of benzene rings is 2. The van der Waals surface area contributed by atoms with Crippen molar-refractivity contribution in [1.29, 1.82) is 0 Å². The Bertz CT molecular complexity index is 757. The van der Waals surface area contributed by atoms with E-state index in [1.807, 2.05) is 23.9 Å². The summed E-state index contributed by atoms with van der Waals surface area (Å²) in [5.41, 5.74) is 2.85. The van der Waals surface area contributed by atoms with E-state index in [0.29, 0.717) is 12.1 Å². The third kappa shape index (κ3) is 2.95. The molecule has 2 nitrogen and oxygen atoms in total. The summed E-state index contributed by atoms with van der Waals surface area (Å²) in [6.45, 7) is 1.23. The number of nitrogens with one attached hydrogen (secondary N) is 1. The van der Waals surface area contributed by atoms with Gasteiger partial charge in [-0.15, -0.1) is 0 Å². The van der Waals surface area contributed by atoms with Gasteiger partial charge in [-0.3, -0.25) is 0 Å². The lowest BCUT2D eigenvalue weighted by atomic mass is 10.1. The summed E-state index contributed by atoms with van der Waals surface area (Å²) in [7, 11) is 1.90. The number of nitrogens with zero attached hydrogens (tertiary/aromatic N) is 1. The van der Waals surface area contributed by atoms with Crippen LogP contribution >= 0.6 is 0 Å². The molecule has 0 fully saturated rings. The maximum absolute atomic E-state index is 13.3. The Morgan fingerprint density at radius 3 is 2.43 bits per heavy atom. The molecule has 0 saturated heterocycles. The van der Waals surface area contributed by atoms with E-state index in [4.69, 9.17) is 0 Å². The molecule has 3 aromatic rings. The summed E-state index contributed by atoms with van der Waals surface area (Å²) >= 11 is 0. The predicted octanol–water partition coefficient (Wildman–Crippen LogP) is 3.69. The molecule has 0 radical (unpaired) electrons. The van der Waals surface area contributed by atoms with Gasteiger partial charge >= 0.3 is 0 Å². The van der Waals surface area contributed by atoms with E-state index < -0.39 is 11.6 Å². The van der Waals surface area contributed by atoms with Crippen LogP contribution in [0.5, 0.6) is 0 Å². The monoisotopic (exact) mass is 286 g/mol. The topological polar surface area (TPSA) is 17.0 Å². The Morgan fingerprint density at radius 2 is 1.71 bits per heavy atom. The van der Waals surface area contributed by atoms with E-state index >= 15 is 0 Å². The van der Waals surface area contributed by atoms with Gasteiger partial charge in [-0.25, -0.2) is 8.78 Å². The first-order valence-corrected chi connectivity index (χ1v) is 6.83. The maximum Gasteiger partial charge on any atom is 0.126 e. The van der Waals surface area contributed by atoms with Crippen LogP contribution in [-0.4, -0.2) is 11.6 Å². The lowest BCUT2D eigenvalue weighted by Crippen LogP contribution is -2.05. The molecule has 21 heavy (non-hydrogen) atoms. The molecule has 0 aliphatic heterocycles. The molecule has 0 bridgehead atoms. The quantitative estimate of drug-likeness (QED) is 0.774. The second kappa shape index (κ2) is 5.66. The summed E-state index contributed by atoms with van der Waals surface area (Å²) in [6, 6.07) is 11.9. The molecular weight excluding hydrogens is 270 g/mol. The van der Waals surface area contributed by atoms with E-state index in [2.05, 4.69) is 23.5 Å². The Kier molecular flexibility index (Phi) is 3.71. The first-order chi connectivity index (χ1) is 10.2. The molecule has 0 spiro atoms. The Hall–Kier alpha value is -2.20. The standard InChI is InChI=1S/C17H16F2N2/c1-20-10-12-2-3-14-4-5-21(17(14)8-12)11-13-6-15(18)9-16(19)7-13/h2-9,20H,10-11H2,1H3. The molecular formula is C17H16F2N2. The maximum atomic E-state index is 13.3. The highest BCUT2D eigenvalue weighted by atomic mass is 19.1. The van der Waals surface area contributed by atoms with Crippen LogP contribution in [0.25, 0.3) is 10.9 Å². The van der Waals surface area contributed by atoms with Gasteiger partial charge < -0.3 is 9.88 Å². The molecule has 0 saturated carbocycles. The zero-order valence-corrected chi connectivity index (χ0v) is 11.7. The Labute approximate surface area is 122 Å². The van der Waals surface area contributed by atoms with Gasteiger partial charge in [0.05, 0.1) is 0 Å². The van der Waals surface area contributed by atoms with Crippen molar-refractivity contribution in [2.24, 2.45) is 0 Å². The summed E-state index contributed by atoms with van der Waals surface area (Å²) in [6.07, 6.45) is 1.94. The van der Waals surface area contributed by atoms with Crippen molar-refractivity contribution in [2.75, 3.05) is 7.05 Å². The summed E-state index contributed by atoms with van der Waals surface area (Å²) in [4.78, 5) is 0. The smallest absolute Gasteiger partial charge is 0.126 e. The van der Waals surface area contributed by atoms with E-state index in [1.165, 1.54) is 17.7 Å². The minimum absolute atomic E-state index is 0.446. The van der Waals surface area contributed by atoms with Crippen LogP contribution in [0.15, 0.2) is 48.7 Å². The number of hydrogen-bond donors (Lipinski definition) is 1. The molecule has 0 aliphatic rings. The fraction of sp³-hybridized carbons (Fsp3) is 0.176. The van der Waals surface area contributed by atoms with E-state index in [-0.39, 0.29) is 0 Å². The van der Waals surface area contributed by atoms with Crippen LogP contribution in [0.2, 0.25) is 0 Å². The van der Waals surface area contributed by atoms with Crippen molar-refractivity contribution in [2.45, 2.75) is 13.1 Å². The number of rotatable bonds is 4. The van der Waals surface area contributed by atoms with Crippen LogP contribution in [-0.2, 0) is 13.1 Å². The molecule has 0 atom stereocenters.